The Labute approximate surface area is 176 Å². The monoisotopic (exact) mass is 403 g/mol. The average Bonchev–Trinajstić information content (AvgIpc) is 3.13. The minimum absolute atomic E-state index is 0.0429. The molecular weight excluding hydrogens is 378 g/mol. The van der Waals surface area contributed by atoms with Crippen LogP contribution < -0.4 is 15.1 Å². The number of carbonyl (C=O) groups is 3. The van der Waals surface area contributed by atoms with E-state index >= 15 is 0 Å². The number of hydrogen-bond acceptors (Lipinski definition) is 4. The molecule has 2 aliphatic heterocycles. The lowest BCUT2D eigenvalue weighted by Gasteiger charge is -2.27. The molecule has 2 heterocycles. The lowest BCUT2D eigenvalue weighted by atomic mass is 10.0. The first-order valence-electron chi connectivity index (χ1n) is 10.3. The Hall–Kier alpha value is -3.41. The van der Waals surface area contributed by atoms with Crippen LogP contribution in [0.15, 0.2) is 48.0 Å². The summed E-state index contributed by atoms with van der Waals surface area (Å²) in [6, 6.07) is 12.4. The number of barbiturate groups is 1. The summed E-state index contributed by atoms with van der Waals surface area (Å²) in [4.78, 5) is 41.3. The number of hydrogen-bond donors (Lipinski definition) is 1. The van der Waals surface area contributed by atoms with Crippen LogP contribution in [-0.2, 0) is 16.0 Å². The summed E-state index contributed by atoms with van der Waals surface area (Å²) < 4.78 is 0. The Kier molecular flexibility index (Phi) is 5.40. The van der Waals surface area contributed by atoms with E-state index in [0.29, 0.717) is 5.69 Å². The number of unbranched alkanes of at least 4 members (excludes halogenated alkanes) is 1. The van der Waals surface area contributed by atoms with Gasteiger partial charge in [-0.2, -0.15) is 0 Å². The molecular formula is C24H25N3O3. The second kappa shape index (κ2) is 8.14. The molecule has 2 aromatic rings. The maximum Gasteiger partial charge on any atom is 0.335 e. The highest BCUT2D eigenvalue weighted by molar-refractivity contribution is 6.39. The van der Waals surface area contributed by atoms with Crippen molar-refractivity contribution in [2.75, 3.05) is 22.9 Å². The maximum absolute atomic E-state index is 13.1. The van der Waals surface area contributed by atoms with Crippen molar-refractivity contribution in [2.45, 2.75) is 33.1 Å². The van der Waals surface area contributed by atoms with Crippen molar-refractivity contribution in [3.8, 4) is 0 Å². The number of nitrogens with one attached hydrogen (secondary N) is 1. The predicted octanol–water partition coefficient (Wildman–Crippen LogP) is 3.82. The van der Waals surface area contributed by atoms with E-state index in [-0.39, 0.29) is 5.57 Å². The smallest absolute Gasteiger partial charge is 0.335 e. The summed E-state index contributed by atoms with van der Waals surface area (Å²) in [6.45, 7) is 6.03. The molecule has 0 aromatic heterocycles. The average molecular weight is 403 g/mol. The molecule has 6 heteroatoms. The fraction of sp³-hybridized carbons (Fsp3) is 0.292. The molecule has 154 valence electrons. The molecule has 0 saturated carbocycles. The third kappa shape index (κ3) is 3.61. The fourth-order valence-electron chi connectivity index (χ4n) is 4.02. The van der Waals surface area contributed by atoms with E-state index in [0.717, 1.165) is 48.4 Å². The Morgan fingerprint density at radius 3 is 2.63 bits per heavy atom. The van der Waals surface area contributed by atoms with Crippen LogP contribution in [0.3, 0.4) is 0 Å². The molecule has 4 rings (SSSR count). The van der Waals surface area contributed by atoms with Crippen LogP contribution in [0.5, 0.6) is 0 Å². The zero-order valence-corrected chi connectivity index (χ0v) is 17.3. The molecule has 1 saturated heterocycles. The van der Waals surface area contributed by atoms with Crippen LogP contribution in [0.2, 0.25) is 0 Å². The minimum Gasteiger partial charge on any atom is -0.371 e. The number of aryl methyl sites for hydroxylation is 1. The molecule has 0 aliphatic carbocycles. The number of imide groups is 2. The summed E-state index contributed by atoms with van der Waals surface area (Å²) in [5.74, 6) is -1.27. The molecule has 0 radical (unpaired) electrons. The first-order chi connectivity index (χ1) is 14.5. The van der Waals surface area contributed by atoms with Crippen LogP contribution >= 0.6 is 0 Å². The van der Waals surface area contributed by atoms with Crippen molar-refractivity contribution < 1.29 is 14.4 Å². The number of urea groups is 1. The van der Waals surface area contributed by atoms with Crippen LogP contribution in [0.25, 0.3) is 6.08 Å². The van der Waals surface area contributed by atoms with E-state index in [1.165, 1.54) is 11.3 Å². The van der Waals surface area contributed by atoms with Crippen molar-refractivity contribution in [1.29, 1.82) is 0 Å². The van der Waals surface area contributed by atoms with Crippen molar-refractivity contribution in [3.63, 3.8) is 0 Å². The highest BCUT2D eigenvalue weighted by atomic mass is 16.2. The van der Waals surface area contributed by atoms with Crippen LogP contribution in [0, 0.1) is 6.92 Å². The number of anilines is 2. The molecule has 0 spiro atoms. The van der Waals surface area contributed by atoms with Gasteiger partial charge in [0.15, 0.2) is 0 Å². The van der Waals surface area contributed by atoms with Crippen LogP contribution in [-0.4, -0.2) is 30.9 Å². The van der Waals surface area contributed by atoms with Gasteiger partial charge in [0.1, 0.15) is 5.57 Å². The zero-order chi connectivity index (χ0) is 21.3. The van der Waals surface area contributed by atoms with Gasteiger partial charge in [-0.25, -0.2) is 9.69 Å². The van der Waals surface area contributed by atoms with E-state index in [1.54, 1.807) is 18.2 Å². The molecule has 0 bridgehead atoms. The fourth-order valence-corrected chi connectivity index (χ4v) is 4.02. The lowest BCUT2D eigenvalue weighted by Crippen LogP contribution is -2.54. The highest BCUT2D eigenvalue weighted by Gasteiger charge is 2.37. The van der Waals surface area contributed by atoms with Gasteiger partial charge in [0.25, 0.3) is 11.8 Å². The normalized spacial score (nSPS) is 17.5. The van der Waals surface area contributed by atoms with E-state index < -0.39 is 17.8 Å². The number of nitrogens with zero attached hydrogens (tertiary/aromatic N) is 2. The summed E-state index contributed by atoms with van der Waals surface area (Å²) in [7, 11) is 0. The third-order valence-electron chi connectivity index (χ3n) is 5.65. The molecule has 2 aliphatic rings. The molecule has 1 N–H and O–H groups in total. The first-order valence-corrected chi connectivity index (χ1v) is 10.3. The van der Waals surface area contributed by atoms with Gasteiger partial charge in [-0.1, -0.05) is 37.6 Å². The largest absolute Gasteiger partial charge is 0.371 e. The number of amides is 4. The first kappa shape index (κ1) is 19.9. The molecule has 6 nitrogen and oxygen atoms in total. The van der Waals surface area contributed by atoms with E-state index in [9.17, 15) is 14.4 Å². The zero-order valence-electron chi connectivity index (χ0n) is 17.3. The molecule has 0 atom stereocenters. The van der Waals surface area contributed by atoms with Crippen LogP contribution in [0.4, 0.5) is 16.2 Å². The predicted molar refractivity (Wildman–Crippen MR) is 117 cm³/mol. The van der Waals surface area contributed by atoms with Gasteiger partial charge in [-0.05, 0) is 60.7 Å². The summed E-state index contributed by atoms with van der Waals surface area (Å²) in [6.07, 6.45) is 4.83. The molecule has 2 aromatic carbocycles. The second-order valence-electron chi connectivity index (χ2n) is 7.72. The van der Waals surface area contributed by atoms with Gasteiger partial charge in [-0.3, -0.25) is 14.9 Å². The van der Waals surface area contributed by atoms with Gasteiger partial charge in [0.2, 0.25) is 0 Å². The number of benzene rings is 2. The lowest BCUT2D eigenvalue weighted by molar-refractivity contribution is -0.122. The second-order valence-corrected chi connectivity index (χ2v) is 7.72. The van der Waals surface area contributed by atoms with Crippen LogP contribution in [0.1, 0.15) is 36.5 Å². The highest BCUT2D eigenvalue weighted by Crippen LogP contribution is 2.30. The summed E-state index contributed by atoms with van der Waals surface area (Å²) in [5.41, 5.74) is 4.43. The third-order valence-corrected chi connectivity index (χ3v) is 5.65. The van der Waals surface area contributed by atoms with Gasteiger partial charge in [0.05, 0.1) is 5.69 Å². The Morgan fingerprint density at radius 1 is 1.07 bits per heavy atom. The topological polar surface area (TPSA) is 69.7 Å². The molecule has 1 fully saturated rings. The quantitative estimate of drug-likeness (QED) is 0.609. The number of carbonyl (C=O) groups excluding carboxylic acids is 3. The van der Waals surface area contributed by atoms with Crippen molar-refractivity contribution in [1.82, 2.24) is 5.32 Å². The number of fused-ring (bicyclic) bond motifs is 1. The van der Waals surface area contributed by atoms with E-state index in [4.69, 9.17) is 0 Å². The van der Waals surface area contributed by atoms with E-state index in [1.807, 2.05) is 31.2 Å². The van der Waals surface area contributed by atoms with Crippen molar-refractivity contribution in [2.24, 2.45) is 0 Å². The summed E-state index contributed by atoms with van der Waals surface area (Å²) >= 11 is 0. The molecule has 4 amide bonds. The van der Waals surface area contributed by atoms with Crippen molar-refractivity contribution >= 4 is 35.3 Å². The maximum atomic E-state index is 13.1. The Balaban J connectivity index is 1.65. The van der Waals surface area contributed by atoms with Gasteiger partial charge < -0.3 is 4.90 Å². The standard InChI is InChI=1S/C24H25N3O3/c1-3-4-12-26-13-11-18-14-17(9-10-21(18)26)15-19-22(28)25-24(30)27(23(19)29)20-8-6-5-7-16(20)2/h5-10,14-15H,3-4,11-13H2,1-2H3,(H,25,28,30). The van der Waals surface area contributed by atoms with Gasteiger partial charge >= 0.3 is 6.03 Å². The molecule has 30 heavy (non-hydrogen) atoms. The SMILES string of the molecule is CCCCN1CCc2cc(C=C3C(=O)NC(=O)N(c4ccccc4C)C3=O)ccc21. The minimum atomic E-state index is -0.725. The summed E-state index contributed by atoms with van der Waals surface area (Å²) in [5, 5.41) is 2.29. The van der Waals surface area contributed by atoms with Gasteiger partial charge in [0, 0.05) is 18.8 Å². The van der Waals surface area contributed by atoms with E-state index in [2.05, 4.69) is 23.2 Å². The van der Waals surface area contributed by atoms with Gasteiger partial charge in [-0.15, -0.1) is 0 Å². The number of para-hydroxylation sites is 1. The van der Waals surface area contributed by atoms with Crippen molar-refractivity contribution in [3.05, 3.63) is 64.7 Å². The number of rotatable bonds is 5. The Morgan fingerprint density at radius 2 is 1.87 bits per heavy atom. The Bertz CT molecular complexity index is 1060. The molecule has 0 unspecified atom stereocenters.